The first-order chi connectivity index (χ1) is 19.0. The second-order valence-corrected chi connectivity index (χ2v) is 9.98. The van der Waals surface area contributed by atoms with E-state index in [9.17, 15) is 22.8 Å². The number of aromatic nitrogens is 4. The van der Waals surface area contributed by atoms with Crippen LogP contribution in [0.2, 0.25) is 0 Å². The summed E-state index contributed by atoms with van der Waals surface area (Å²) in [5.41, 5.74) is 2.07. The molecule has 40 heavy (non-hydrogen) atoms. The first kappa shape index (κ1) is 27.2. The van der Waals surface area contributed by atoms with E-state index in [1.807, 2.05) is 44.3 Å². The van der Waals surface area contributed by atoms with Crippen molar-refractivity contribution in [3.63, 3.8) is 0 Å². The number of carbonyl (C=O) groups is 2. The second kappa shape index (κ2) is 10.3. The van der Waals surface area contributed by atoms with E-state index in [2.05, 4.69) is 15.4 Å². The summed E-state index contributed by atoms with van der Waals surface area (Å²) in [6.45, 7) is 2.48. The summed E-state index contributed by atoms with van der Waals surface area (Å²) in [5, 5.41) is 6.46. The number of halogens is 3. The SMILES string of the molecule is COc1nc2c(C)cc(C(=O)N3CC[C@@H](NC(=O)c4cnn(C)c4C(F)(F)F)[C@@H](c4ccccc4)C3)cc2n1C. The third-order valence-corrected chi connectivity index (χ3v) is 7.46. The average Bonchev–Trinajstić information content (AvgIpc) is 3.49. The third kappa shape index (κ3) is 4.89. The maximum absolute atomic E-state index is 13.7. The number of alkyl halides is 3. The molecule has 1 aliphatic rings. The minimum Gasteiger partial charge on any atom is -0.468 e. The highest BCUT2D eigenvalue weighted by Crippen LogP contribution is 2.33. The third-order valence-electron chi connectivity index (χ3n) is 7.46. The van der Waals surface area contributed by atoms with Crippen molar-refractivity contribution in [3.05, 3.63) is 76.6 Å². The summed E-state index contributed by atoms with van der Waals surface area (Å²) >= 11 is 0. The normalized spacial score (nSPS) is 17.7. The number of aryl methyl sites for hydroxylation is 3. The van der Waals surface area contributed by atoms with Crippen molar-refractivity contribution in [1.82, 2.24) is 29.5 Å². The van der Waals surface area contributed by atoms with Crippen LogP contribution in [0.4, 0.5) is 13.2 Å². The number of piperidine rings is 1. The zero-order chi connectivity index (χ0) is 28.8. The number of hydrogen-bond donors (Lipinski definition) is 1. The zero-order valence-corrected chi connectivity index (χ0v) is 22.5. The molecule has 12 heteroatoms. The molecule has 1 saturated heterocycles. The van der Waals surface area contributed by atoms with Crippen molar-refractivity contribution in [2.24, 2.45) is 14.1 Å². The lowest BCUT2D eigenvalue weighted by Gasteiger charge is -2.39. The number of benzene rings is 2. The van der Waals surface area contributed by atoms with Crippen LogP contribution >= 0.6 is 0 Å². The summed E-state index contributed by atoms with van der Waals surface area (Å²) < 4.78 is 48.6. The van der Waals surface area contributed by atoms with E-state index < -0.39 is 29.4 Å². The van der Waals surface area contributed by atoms with Crippen LogP contribution in [0.1, 0.15) is 49.9 Å². The topological polar surface area (TPSA) is 94.3 Å². The highest BCUT2D eigenvalue weighted by molar-refractivity contribution is 5.99. The molecule has 210 valence electrons. The Balaban J connectivity index is 1.42. The number of methoxy groups -OCH3 is 1. The largest absolute Gasteiger partial charge is 0.468 e. The Morgan fingerprint density at radius 1 is 1.12 bits per heavy atom. The average molecular weight is 555 g/mol. The van der Waals surface area contributed by atoms with E-state index in [1.165, 1.54) is 7.11 Å². The molecule has 2 atom stereocenters. The molecule has 0 aliphatic carbocycles. The van der Waals surface area contributed by atoms with Crippen molar-refractivity contribution >= 4 is 22.8 Å². The molecule has 5 rings (SSSR count). The molecular formula is C28H29F3N6O3. The van der Waals surface area contributed by atoms with Crippen LogP contribution in [-0.2, 0) is 20.3 Å². The van der Waals surface area contributed by atoms with E-state index >= 15 is 0 Å². The molecule has 2 aromatic carbocycles. The number of nitrogens with one attached hydrogen (secondary N) is 1. The van der Waals surface area contributed by atoms with Gasteiger partial charge in [0.15, 0.2) is 5.69 Å². The number of hydrogen-bond acceptors (Lipinski definition) is 5. The smallest absolute Gasteiger partial charge is 0.433 e. The Hall–Kier alpha value is -4.35. The number of nitrogens with zero attached hydrogens (tertiary/aromatic N) is 5. The maximum Gasteiger partial charge on any atom is 0.433 e. The molecule has 0 unspecified atom stereocenters. The Bertz CT molecular complexity index is 1580. The molecule has 1 aliphatic heterocycles. The number of rotatable bonds is 5. The van der Waals surface area contributed by atoms with Crippen molar-refractivity contribution in [1.29, 1.82) is 0 Å². The summed E-state index contributed by atoms with van der Waals surface area (Å²) in [6.07, 6.45) is -3.44. The summed E-state index contributed by atoms with van der Waals surface area (Å²) in [4.78, 5) is 33.0. The van der Waals surface area contributed by atoms with Gasteiger partial charge in [-0.05, 0) is 36.6 Å². The van der Waals surface area contributed by atoms with E-state index in [-0.39, 0.29) is 18.4 Å². The van der Waals surface area contributed by atoms with E-state index in [1.54, 1.807) is 21.6 Å². The van der Waals surface area contributed by atoms with E-state index in [0.29, 0.717) is 29.2 Å². The maximum atomic E-state index is 13.7. The Labute approximate surface area is 228 Å². The summed E-state index contributed by atoms with van der Waals surface area (Å²) in [5.74, 6) is -1.37. The molecule has 2 aromatic heterocycles. The molecule has 3 heterocycles. The Morgan fingerprint density at radius 3 is 2.52 bits per heavy atom. The number of amides is 2. The fraction of sp³-hybridized carbons (Fsp3) is 0.357. The van der Waals surface area contributed by atoms with Gasteiger partial charge in [-0.3, -0.25) is 18.8 Å². The molecule has 1 N–H and O–H groups in total. The molecule has 0 radical (unpaired) electrons. The van der Waals surface area contributed by atoms with Gasteiger partial charge in [0.1, 0.15) is 0 Å². The molecule has 2 amide bonds. The first-order valence-electron chi connectivity index (χ1n) is 12.7. The van der Waals surface area contributed by atoms with Crippen LogP contribution in [0.25, 0.3) is 11.0 Å². The zero-order valence-electron chi connectivity index (χ0n) is 22.5. The fourth-order valence-electron chi connectivity index (χ4n) is 5.46. The molecule has 0 saturated carbocycles. The van der Waals surface area contributed by atoms with Gasteiger partial charge in [0.2, 0.25) is 0 Å². The number of carbonyl (C=O) groups excluding carboxylic acids is 2. The van der Waals surface area contributed by atoms with Gasteiger partial charge in [0, 0.05) is 44.7 Å². The van der Waals surface area contributed by atoms with Crippen molar-refractivity contribution in [2.75, 3.05) is 20.2 Å². The minimum atomic E-state index is -4.73. The lowest BCUT2D eigenvalue weighted by atomic mass is 9.85. The van der Waals surface area contributed by atoms with Gasteiger partial charge in [-0.15, -0.1) is 0 Å². The van der Waals surface area contributed by atoms with Gasteiger partial charge >= 0.3 is 6.18 Å². The van der Waals surface area contributed by atoms with Crippen LogP contribution in [0.3, 0.4) is 0 Å². The quantitative estimate of drug-likeness (QED) is 0.402. The van der Waals surface area contributed by atoms with E-state index in [0.717, 1.165) is 35.4 Å². The number of ether oxygens (including phenoxy) is 1. The van der Waals surface area contributed by atoms with Gasteiger partial charge in [-0.25, -0.2) is 0 Å². The molecular weight excluding hydrogens is 525 g/mol. The van der Waals surface area contributed by atoms with Crippen LogP contribution in [0.5, 0.6) is 6.01 Å². The van der Waals surface area contributed by atoms with E-state index in [4.69, 9.17) is 4.74 Å². The van der Waals surface area contributed by atoms with Crippen LogP contribution < -0.4 is 10.1 Å². The number of imidazole rings is 1. The van der Waals surface area contributed by atoms with Gasteiger partial charge < -0.3 is 15.0 Å². The van der Waals surface area contributed by atoms with Gasteiger partial charge in [-0.1, -0.05) is 30.3 Å². The van der Waals surface area contributed by atoms with Crippen molar-refractivity contribution in [3.8, 4) is 6.01 Å². The second-order valence-electron chi connectivity index (χ2n) is 9.98. The predicted molar refractivity (Wildman–Crippen MR) is 141 cm³/mol. The lowest BCUT2D eigenvalue weighted by Crippen LogP contribution is -2.51. The van der Waals surface area contributed by atoms with Crippen LogP contribution in [-0.4, -0.2) is 62.3 Å². The summed E-state index contributed by atoms with van der Waals surface area (Å²) in [6, 6.07) is 12.9. The number of likely N-dealkylation sites (tertiary alicyclic amines) is 1. The Kier molecular flexibility index (Phi) is 7.03. The minimum absolute atomic E-state index is 0.178. The monoisotopic (exact) mass is 554 g/mol. The lowest BCUT2D eigenvalue weighted by molar-refractivity contribution is -0.144. The molecule has 9 nitrogen and oxygen atoms in total. The van der Waals surface area contributed by atoms with Gasteiger partial charge in [0.05, 0.1) is 29.9 Å². The first-order valence-corrected chi connectivity index (χ1v) is 12.7. The van der Waals surface area contributed by atoms with Crippen molar-refractivity contribution < 1.29 is 27.5 Å². The Morgan fingerprint density at radius 2 is 1.85 bits per heavy atom. The highest BCUT2D eigenvalue weighted by Gasteiger charge is 2.41. The fourth-order valence-corrected chi connectivity index (χ4v) is 5.46. The molecule has 4 aromatic rings. The predicted octanol–water partition coefficient (Wildman–Crippen LogP) is 4.07. The van der Waals surface area contributed by atoms with Gasteiger partial charge in [-0.2, -0.15) is 23.3 Å². The molecule has 0 spiro atoms. The van der Waals surface area contributed by atoms with Crippen LogP contribution in [0, 0.1) is 6.92 Å². The van der Waals surface area contributed by atoms with Gasteiger partial charge in [0.25, 0.3) is 17.8 Å². The van der Waals surface area contributed by atoms with Crippen LogP contribution in [0.15, 0.2) is 48.7 Å². The molecule has 0 bridgehead atoms. The van der Waals surface area contributed by atoms with Crippen molar-refractivity contribution in [2.45, 2.75) is 31.5 Å². The molecule has 1 fully saturated rings. The summed E-state index contributed by atoms with van der Waals surface area (Å²) in [7, 11) is 4.50. The number of fused-ring (bicyclic) bond motifs is 1. The standard InChI is InChI=1S/C28H29F3N6O3/c1-16-12-18(13-22-23(16)34-27(40-4)35(22)2)26(39)37-11-10-21(20(15-37)17-8-6-5-7-9-17)33-25(38)19-14-32-36(3)24(19)28(29,30)31/h5-9,12-14,20-21H,10-11,15H2,1-4H3,(H,33,38)/t20-,21-/m1/s1. The highest BCUT2D eigenvalue weighted by atomic mass is 19.4.